The molecule has 0 amide bonds. The molecule has 3 aromatic rings. The van der Waals surface area contributed by atoms with Crippen LogP contribution in [-0.4, -0.2) is 64.7 Å². The predicted molar refractivity (Wildman–Crippen MR) is 155 cm³/mol. The molecule has 3 aliphatic rings. The fourth-order valence-electron chi connectivity index (χ4n) is 6.99. The zero-order valence-corrected chi connectivity index (χ0v) is 24.2. The summed E-state index contributed by atoms with van der Waals surface area (Å²) in [5.41, 5.74) is 4.04. The van der Waals surface area contributed by atoms with Crippen LogP contribution in [0.25, 0.3) is 22.4 Å². The molecule has 3 aliphatic heterocycles. The number of anilines is 1. The normalized spacial score (nSPS) is 28.3. The lowest BCUT2D eigenvalue weighted by Gasteiger charge is -2.55. The van der Waals surface area contributed by atoms with Crippen molar-refractivity contribution in [3.05, 3.63) is 42.7 Å². The van der Waals surface area contributed by atoms with E-state index < -0.39 is 0 Å². The zero-order chi connectivity index (χ0) is 27.7. The monoisotopic (exact) mass is 546 g/mol. The van der Waals surface area contributed by atoms with Crippen molar-refractivity contribution in [2.75, 3.05) is 32.5 Å². The first-order valence-corrected chi connectivity index (χ1v) is 14.6. The Kier molecular flexibility index (Phi) is 7.54. The number of piperidine rings is 2. The van der Waals surface area contributed by atoms with Gasteiger partial charge in [-0.3, -0.25) is 0 Å². The van der Waals surface area contributed by atoms with Gasteiger partial charge < -0.3 is 24.4 Å². The third-order valence-electron chi connectivity index (χ3n) is 8.97. The van der Waals surface area contributed by atoms with Gasteiger partial charge in [0.25, 0.3) is 0 Å². The van der Waals surface area contributed by atoms with Crippen LogP contribution in [0.3, 0.4) is 0 Å². The number of aromatic nitrogens is 4. The van der Waals surface area contributed by atoms with Gasteiger partial charge in [0.05, 0.1) is 11.9 Å². The Morgan fingerprint density at radius 1 is 1.05 bits per heavy atom. The van der Waals surface area contributed by atoms with E-state index in [1.807, 2.05) is 35.3 Å². The Morgan fingerprint density at radius 2 is 1.88 bits per heavy atom. The molecule has 3 fully saturated rings. The lowest BCUT2D eigenvalue weighted by Crippen LogP contribution is -2.66. The quantitative estimate of drug-likeness (QED) is 0.367. The van der Waals surface area contributed by atoms with Crippen molar-refractivity contribution in [2.24, 2.45) is 0 Å². The Labute approximate surface area is 237 Å². The van der Waals surface area contributed by atoms with Crippen LogP contribution in [0.5, 0.6) is 5.75 Å². The lowest BCUT2D eigenvalue weighted by atomic mass is 9.69. The summed E-state index contributed by atoms with van der Waals surface area (Å²) >= 11 is 0. The molecule has 1 unspecified atom stereocenters. The summed E-state index contributed by atoms with van der Waals surface area (Å²) in [6.07, 6.45) is 13.2. The van der Waals surface area contributed by atoms with Gasteiger partial charge in [-0.05, 0) is 95.0 Å². The molecule has 0 spiro atoms. The first kappa shape index (κ1) is 27.2. The van der Waals surface area contributed by atoms with Crippen molar-refractivity contribution >= 4 is 5.82 Å². The first-order chi connectivity index (χ1) is 19.3. The molecule has 4 atom stereocenters. The lowest BCUT2D eigenvalue weighted by molar-refractivity contribution is -0.0394. The minimum atomic E-state index is 0.00750. The van der Waals surface area contributed by atoms with E-state index in [1.165, 1.54) is 19.3 Å². The van der Waals surface area contributed by atoms with Crippen LogP contribution in [0.1, 0.15) is 71.4 Å². The number of benzene rings is 1. The van der Waals surface area contributed by atoms with Crippen LogP contribution < -0.4 is 15.0 Å². The van der Waals surface area contributed by atoms with Crippen molar-refractivity contribution in [1.29, 1.82) is 0 Å². The highest BCUT2D eigenvalue weighted by molar-refractivity contribution is 5.74. The van der Waals surface area contributed by atoms with Gasteiger partial charge in [-0.25, -0.2) is 4.68 Å². The van der Waals surface area contributed by atoms with E-state index in [9.17, 15) is 0 Å². The van der Waals surface area contributed by atoms with Gasteiger partial charge in [0.2, 0.25) is 0 Å². The fourth-order valence-corrected chi connectivity index (χ4v) is 6.99. The summed E-state index contributed by atoms with van der Waals surface area (Å²) < 4.78 is 19.1. The Balaban J connectivity index is 1.22. The van der Waals surface area contributed by atoms with Crippen LogP contribution in [0.4, 0.5) is 5.82 Å². The summed E-state index contributed by atoms with van der Waals surface area (Å²) in [7, 11) is 3.78. The zero-order valence-electron chi connectivity index (χ0n) is 24.2. The maximum Gasteiger partial charge on any atom is 0.188 e. The van der Waals surface area contributed by atoms with Crippen LogP contribution in [0.2, 0.25) is 0 Å². The van der Waals surface area contributed by atoms with Crippen LogP contribution in [-0.2, 0) is 9.47 Å². The van der Waals surface area contributed by atoms with Crippen molar-refractivity contribution in [3.63, 3.8) is 0 Å². The average Bonchev–Trinajstić information content (AvgIpc) is 3.46. The molecular weight excluding hydrogens is 504 g/mol. The number of nitrogens with zero attached hydrogens (tertiary/aromatic N) is 5. The number of ether oxygens (including phenoxy) is 3. The molecule has 6 rings (SSSR count). The van der Waals surface area contributed by atoms with Crippen molar-refractivity contribution in [3.8, 4) is 28.1 Å². The molecule has 1 N–H and O–H groups in total. The van der Waals surface area contributed by atoms with Crippen LogP contribution in [0.15, 0.2) is 42.7 Å². The molecule has 1 aromatic carbocycles. The van der Waals surface area contributed by atoms with Crippen molar-refractivity contribution < 1.29 is 14.2 Å². The molecule has 9 heteroatoms. The van der Waals surface area contributed by atoms with E-state index >= 15 is 0 Å². The van der Waals surface area contributed by atoms with Gasteiger partial charge in [0, 0.05) is 55.2 Å². The van der Waals surface area contributed by atoms with Gasteiger partial charge in [0.1, 0.15) is 12.0 Å². The van der Waals surface area contributed by atoms with Crippen LogP contribution in [0, 0.1) is 0 Å². The molecule has 0 radical (unpaired) electrons. The Bertz CT molecular complexity index is 1290. The molecule has 214 valence electrons. The van der Waals surface area contributed by atoms with E-state index in [0.717, 1.165) is 66.9 Å². The van der Waals surface area contributed by atoms with E-state index in [-0.39, 0.29) is 24.1 Å². The maximum atomic E-state index is 6.00. The molecule has 2 bridgehead atoms. The van der Waals surface area contributed by atoms with E-state index in [0.29, 0.717) is 11.8 Å². The second-order valence-corrected chi connectivity index (χ2v) is 12.3. The van der Waals surface area contributed by atoms with Crippen LogP contribution >= 0.6 is 0 Å². The van der Waals surface area contributed by atoms with Crippen molar-refractivity contribution in [2.45, 2.75) is 88.6 Å². The minimum Gasteiger partial charge on any atom is -0.467 e. The number of fused-ring (bicyclic) bond motifs is 2. The smallest absolute Gasteiger partial charge is 0.188 e. The Morgan fingerprint density at radius 3 is 2.58 bits per heavy atom. The van der Waals surface area contributed by atoms with E-state index in [4.69, 9.17) is 14.2 Å². The summed E-state index contributed by atoms with van der Waals surface area (Å²) in [5.74, 6) is 1.60. The highest BCUT2D eigenvalue weighted by atomic mass is 16.7. The maximum absolute atomic E-state index is 6.00. The van der Waals surface area contributed by atoms with Gasteiger partial charge in [-0.1, -0.05) is 6.07 Å². The highest BCUT2D eigenvalue weighted by Gasteiger charge is 2.46. The summed E-state index contributed by atoms with van der Waals surface area (Å²) in [5, 5.41) is 17.8. The fraction of sp³-hybridized carbons (Fsp3) is 0.581. The number of rotatable bonds is 8. The van der Waals surface area contributed by atoms with E-state index in [1.54, 1.807) is 7.11 Å². The molecular formula is C31H42N6O3. The topological polar surface area (TPSA) is 86.6 Å². The van der Waals surface area contributed by atoms with Crippen molar-refractivity contribution in [1.82, 2.24) is 25.3 Å². The number of nitrogens with one attached hydrogen (secondary N) is 1. The second-order valence-electron chi connectivity index (χ2n) is 12.3. The highest BCUT2D eigenvalue weighted by Crippen LogP contribution is 2.42. The summed E-state index contributed by atoms with van der Waals surface area (Å²) in [6, 6.07) is 10.7. The number of methoxy groups -OCH3 is 1. The van der Waals surface area contributed by atoms with Gasteiger partial charge >= 0.3 is 0 Å². The second kappa shape index (κ2) is 11.1. The molecule has 5 heterocycles. The van der Waals surface area contributed by atoms with Gasteiger partial charge in [-0.15, -0.1) is 10.2 Å². The molecule has 2 aromatic heterocycles. The standard InChI is InChI=1S/C31H42N6O3/c1-30-13-7-14-31(2,35-30)18-24(17-30)36(3)28-12-11-26(33-34-28)25-10-9-22(16-27(25)40-21-38-4)23-19-32-37(20-23)29-8-5-6-15-39-29/h9-12,16,19-20,24,29,35H,5-8,13-15,17-18,21H2,1-4H3/t24-,29?,30+,31-. The number of hydrogen-bond donors (Lipinski definition) is 1. The molecule has 40 heavy (non-hydrogen) atoms. The first-order valence-electron chi connectivity index (χ1n) is 14.6. The third-order valence-corrected chi connectivity index (χ3v) is 8.97. The van der Waals surface area contributed by atoms with E-state index in [2.05, 4.69) is 58.5 Å². The molecule has 9 nitrogen and oxygen atoms in total. The summed E-state index contributed by atoms with van der Waals surface area (Å²) in [6.45, 7) is 5.68. The Hall–Kier alpha value is -3.01. The molecule has 3 saturated heterocycles. The SMILES string of the molecule is COCOc1cc(-c2cnn(C3CCCCO3)c2)ccc1-c1ccc(N(C)[C@@H]2C[C@]3(C)CCC[C@](C)(C2)N3)nn1. The summed E-state index contributed by atoms with van der Waals surface area (Å²) in [4.78, 5) is 2.32. The average molecular weight is 547 g/mol. The third kappa shape index (κ3) is 5.60. The molecule has 0 aliphatic carbocycles. The molecule has 0 saturated carbocycles. The largest absolute Gasteiger partial charge is 0.467 e. The number of hydrogen-bond acceptors (Lipinski definition) is 8. The predicted octanol–water partition coefficient (Wildman–Crippen LogP) is 5.58. The van der Waals surface area contributed by atoms with Gasteiger partial charge in [0.15, 0.2) is 12.6 Å². The van der Waals surface area contributed by atoms with Gasteiger partial charge in [-0.2, -0.15) is 5.10 Å². The minimum absolute atomic E-state index is 0.00750.